The number of aliphatic hydroxyl groups excluding tert-OH is 1. The van der Waals surface area contributed by atoms with E-state index in [9.17, 15) is 9.90 Å². The highest BCUT2D eigenvalue weighted by molar-refractivity contribution is 7.99. The van der Waals surface area contributed by atoms with Crippen molar-refractivity contribution in [3.05, 3.63) is 94.0 Å². The number of ether oxygens (including phenoxy) is 2. The van der Waals surface area contributed by atoms with E-state index >= 15 is 0 Å². The van der Waals surface area contributed by atoms with Crippen molar-refractivity contribution in [3.63, 3.8) is 0 Å². The first-order valence-corrected chi connectivity index (χ1v) is 12.9. The van der Waals surface area contributed by atoms with Gasteiger partial charge in [-0.2, -0.15) is 0 Å². The van der Waals surface area contributed by atoms with Crippen LogP contribution in [0.3, 0.4) is 0 Å². The molecule has 180 valence electrons. The molecule has 0 radical (unpaired) electrons. The average molecular weight is 499 g/mol. The Labute approximate surface area is 211 Å². The molecule has 0 amide bonds. The highest BCUT2D eigenvalue weighted by atomic mass is 35.5. The monoisotopic (exact) mass is 498 g/mol. The fraction of sp³-hybridized carbons (Fsp3) is 0.321. The van der Waals surface area contributed by atoms with Crippen LogP contribution in [0, 0.1) is 0 Å². The van der Waals surface area contributed by atoms with Crippen LogP contribution in [-0.4, -0.2) is 30.5 Å². The van der Waals surface area contributed by atoms with E-state index in [1.807, 2.05) is 66.7 Å². The van der Waals surface area contributed by atoms with Gasteiger partial charge in [0.05, 0.1) is 25.2 Å². The number of hydrogen-bond acceptors (Lipinski definition) is 5. The number of carbonyl (C=O) groups is 1. The molecule has 0 spiro atoms. The first kappa shape index (κ1) is 26.1. The Balaban J connectivity index is 1.57. The van der Waals surface area contributed by atoms with Crippen molar-refractivity contribution in [1.82, 2.24) is 0 Å². The standard InChI is InChI=1S/C28H31ClO4S/c1-3-9-22-23(28(31)21-10-5-4-6-11-21)12-7-13-25(22)33-16-8-17-34-26-15-14-20(18-24(26)29)19-27(30)32-2/h4-7,10-15,18,28,31H,3,8-9,16-17,19H2,1-2H3. The molecule has 0 fully saturated rings. The molecule has 3 rings (SSSR count). The molecule has 1 unspecified atom stereocenters. The lowest BCUT2D eigenvalue weighted by Gasteiger charge is -2.19. The fourth-order valence-corrected chi connectivity index (χ4v) is 4.95. The second-order valence-corrected chi connectivity index (χ2v) is 9.50. The van der Waals surface area contributed by atoms with Crippen molar-refractivity contribution in [3.8, 4) is 5.75 Å². The number of rotatable bonds is 12. The van der Waals surface area contributed by atoms with Gasteiger partial charge in [0.25, 0.3) is 0 Å². The predicted octanol–water partition coefficient (Wildman–Crippen LogP) is 6.65. The van der Waals surface area contributed by atoms with E-state index in [1.54, 1.807) is 11.8 Å². The molecule has 0 bridgehead atoms. The molecule has 0 aliphatic heterocycles. The van der Waals surface area contributed by atoms with E-state index in [2.05, 4.69) is 6.92 Å². The van der Waals surface area contributed by atoms with E-state index in [0.717, 1.165) is 57.9 Å². The number of benzene rings is 3. The second kappa shape index (κ2) is 13.4. The lowest BCUT2D eigenvalue weighted by Crippen LogP contribution is -2.08. The summed E-state index contributed by atoms with van der Waals surface area (Å²) in [4.78, 5) is 12.4. The van der Waals surface area contributed by atoms with Gasteiger partial charge in [-0.15, -0.1) is 11.8 Å². The summed E-state index contributed by atoms with van der Waals surface area (Å²) in [6.45, 7) is 2.71. The molecule has 0 aromatic heterocycles. The molecule has 3 aromatic carbocycles. The molecular weight excluding hydrogens is 468 g/mol. The van der Waals surface area contributed by atoms with Crippen LogP contribution in [0.1, 0.15) is 48.1 Å². The van der Waals surface area contributed by atoms with E-state index in [4.69, 9.17) is 21.1 Å². The lowest BCUT2D eigenvalue weighted by molar-refractivity contribution is -0.139. The quantitative estimate of drug-likeness (QED) is 0.172. The molecule has 1 atom stereocenters. The predicted molar refractivity (Wildman–Crippen MR) is 139 cm³/mol. The zero-order valence-electron chi connectivity index (χ0n) is 19.6. The molecule has 3 aromatic rings. The van der Waals surface area contributed by atoms with Gasteiger partial charge in [0.15, 0.2) is 0 Å². The van der Waals surface area contributed by atoms with E-state index in [-0.39, 0.29) is 12.4 Å². The molecule has 1 N–H and O–H groups in total. The normalized spacial score (nSPS) is 11.8. The summed E-state index contributed by atoms with van der Waals surface area (Å²) >= 11 is 8.06. The highest BCUT2D eigenvalue weighted by Gasteiger charge is 2.17. The summed E-state index contributed by atoms with van der Waals surface area (Å²) < 4.78 is 10.9. The molecule has 34 heavy (non-hydrogen) atoms. The van der Waals surface area contributed by atoms with Crippen molar-refractivity contribution >= 4 is 29.3 Å². The van der Waals surface area contributed by atoms with Gasteiger partial charge in [-0.25, -0.2) is 0 Å². The largest absolute Gasteiger partial charge is 0.493 e. The van der Waals surface area contributed by atoms with Crippen LogP contribution in [-0.2, 0) is 22.4 Å². The van der Waals surface area contributed by atoms with Gasteiger partial charge in [0, 0.05) is 16.2 Å². The maximum atomic E-state index is 11.4. The Morgan fingerprint density at radius 3 is 2.59 bits per heavy atom. The SMILES string of the molecule is CCCc1c(OCCCSc2ccc(CC(=O)OC)cc2Cl)cccc1C(O)c1ccccc1. The van der Waals surface area contributed by atoms with Crippen molar-refractivity contribution in [2.24, 2.45) is 0 Å². The van der Waals surface area contributed by atoms with Crippen LogP contribution in [0.15, 0.2) is 71.6 Å². The zero-order valence-corrected chi connectivity index (χ0v) is 21.2. The summed E-state index contributed by atoms with van der Waals surface area (Å²) in [7, 11) is 1.38. The molecule has 0 saturated heterocycles. The average Bonchev–Trinajstić information content (AvgIpc) is 2.86. The number of thioether (sulfide) groups is 1. The van der Waals surface area contributed by atoms with Gasteiger partial charge >= 0.3 is 5.97 Å². The summed E-state index contributed by atoms with van der Waals surface area (Å²) in [6.07, 6.45) is 2.20. The second-order valence-electron chi connectivity index (χ2n) is 7.96. The number of aliphatic hydroxyl groups is 1. The topological polar surface area (TPSA) is 55.8 Å². The van der Waals surface area contributed by atoms with Crippen LogP contribution >= 0.6 is 23.4 Å². The Hall–Kier alpha value is -2.47. The first-order chi connectivity index (χ1) is 16.5. The maximum Gasteiger partial charge on any atom is 0.309 e. The minimum absolute atomic E-state index is 0.215. The van der Waals surface area contributed by atoms with Crippen LogP contribution < -0.4 is 4.74 Å². The molecular formula is C28H31ClO4S. The van der Waals surface area contributed by atoms with E-state index in [1.165, 1.54) is 7.11 Å². The van der Waals surface area contributed by atoms with Crippen LogP contribution in [0.2, 0.25) is 5.02 Å². The molecule has 0 aliphatic carbocycles. The highest BCUT2D eigenvalue weighted by Crippen LogP contribution is 2.32. The fourth-order valence-electron chi connectivity index (χ4n) is 3.74. The summed E-state index contributed by atoms with van der Waals surface area (Å²) in [5.41, 5.74) is 3.69. The third kappa shape index (κ3) is 7.26. The van der Waals surface area contributed by atoms with Gasteiger partial charge in [-0.1, -0.05) is 73.5 Å². The third-order valence-corrected chi connectivity index (χ3v) is 7.04. The van der Waals surface area contributed by atoms with Gasteiger partial charge in [-0.3, -0.25) is 4.79 Å². The van der Waals surface area contributed by atoms with E-state index in [0.29, 0.717) is 11.6 Å². The Bertz CT molecular complexity index is 1070. The smallest absolute Gasteiger partial charge is 0.309 e. The molecule has 4 nitrogen and oxygen atoms in total. The summed E-state index contributed by atoms with van der Waals surface area (Å²) in [6, 6.07) is 21.3. The minimum Gasteiger partial charge on any atom is -0.493 e. The number of esters is 1. The van der Waals surface area contributed by atoms with Crippen molar-refractivity contribution in [2.75, 3.05) is 19.5 Å². The van der Waals surface area contributed by atoms with Crippen molar-refractivity contribution < 1.29 is 19.4 Å². The Kier molecular flexibility index (Phi) is 10.3. The third-order valence-electron chi connectivity index (χ3n) is 5.46. The number of halogens is 1. The van der Waals surface area contributed by atoms with Gasteiger partial charge in [-0.05, 0) is 47.7 Å². The van der Waals surface area contributed by atoms with Crippen molar-refractivity contribution in [1.29, 1.82) is 0 Å². The summed E-state index contributed by atoms with van der Waals surface area (Å²) in [5, 5.41) is 11.6. The lowest BCUT2D eigenvalue weighted by atomic mass is 9.94. The molecule has 0 heterocycles. The van der Waals surface area contributed by atoms with Crippen LogP contribution in [0.25, 0.3) is 0 Å². The van der Waals surface area contributed by atoms with Crippen LogP contribution in [0.5, 0.6) is 5.75 Å². The molecule has 0 saturated carbocycles. The number of carbonyl (C=O) groups excluding carboxylic acids is 1. The van der Waals surface area contributed by atoms with Crippen LogP contribution in [0.4, 0.5) is 0 Å². The van der Waals surface area contributed by atoms with Crippen molar-refractivity contribution in [2.45, 2.75) is 43.6 Å². The Morgan fingerprint density at radius 2 is 1.88 bits per heavy atom. The Morgan fingerprint density at radius 1 is 1.09 bits per heavy atom. The number of methoxy groups -OCH3 is 1. The van der Waals surface area contributed by atoms with Gasteiger partial charge in [0.1, 0.15) is 11.9 Å². The molecule has 6 heteroatoms. The summed E-state index contributed by atoms with van der Waals surface area (Å²) in [5.74, 6) is 1.41. The van der Waals surface area contributed by atoms with Gasteiger partial charge < -0.3 is 14.6 Å². The maximum absolute atomic E-state index is 11.4. The van der Waals surface area contributed by atoms with E-state index < -0.39 is 6.10 Å². The first-order valence-electron chi connectivity index (χ1n) is 11.5. The molecule has 0 aliphatic rings. The van der Waals surface area contributed by atoms with Gasteiger partial charge in [0.2, 0.25) is 0 Å². The number of hydrogen-bond donors (Lipinski definition) is 1. The zero-order chi connectivity index (χ0) is 24.3. The minimum atomic E-state index is -0.675.